The number of nitrogens with one attached hydrogen (secondary N) is 1. The molecule has 2 rings (SSSR count). The first kappa shape index (κ1) is 20.6. The molecular weight excluding hydrogens is 325 g/mol. The first-order valence-electron chi connectivity index (χ1n) is 6.60. The van der Waals surface area contributed by atoms with Crippen LogP contribution in [0.1, 0.15) is 17.2 Å². The number of hydrogen-bond acceptors (Lipinski definition) is 5. The molecule has 0 amide bonds. The number of phenolic OH excluding ortho intramolecular Hbond substituents is 1. The fourth-order valence-corrected chi connectivity index (χ4v) is 2.56. The van der Waals surface area contributed by atoms with E-state index in [2.05, 4.69) is 22.9 Å². The highest BCUT2D eigenvalue weighted by Gasteiger charge is 2.26. The highest BCUT2D eigenvalue weighted by molar-refractivity contribution is 5.85. The molecule has 2 N–H and O–H groups in total. The molecular formula is C15H21Cl2N3O2. The molecule has 1 saturated heterocycles. The number of nitriles is 1. The molecule has 0 radical (unpaired) electrons. The molecule has 0 saturated carbocycles. The Bertz CT molecular complexity index is 540. The molecule has 0 aliphatic carbocycles. The Morgan fingerprint density at radius 3 is 2.55 bits per heavy atom. The first-order valence-corrected chi connectivity index (χ1v) is 6.60. The van der Waals surface area contributed by atoms with Crippen LogP contribution >= 0.6 is 24.8 Å². The van der Waals surface area contributed by atoms with Gasteiger partial charge in [-0.3, -0.25) is 4.90 Å². The Hall–Kier alpha value is -1.45. The maximum absolute atomic E-state index is 10.4. The lowest BCUT2D eigenvalue weighted by atomic mass is 9.97. The number of ether oxygens (including phenoxy) is 1. The molecule has 7 heteroatoms. The van der Waals surface area contributed by atoms with Gasteiger partial charge < -0.3 is 15.2 Å². The predicted octanol–water partition coefficient (Wildman–Crippen LogP) is 2.25. The SMILES string of the molecule is C=C[C@H](c1c(C#N)ccc(OC)c1O)N1CCNCC1.Cl.Cl. The molecule has 1 aliphatic rings. The van der Waals surface area contributed by atoms with Crippen LogP contribution in [0.15, 0.2) is 24.8 Å². The summed E-state index contributed by atoms with van der Waals surface area (Å²) >= 11 is 0. The van der Waals surface area contributed by atoms with Gasteiger partial charge in [0.2, 0.25) is 0 Å². The Morgan fingerprint density at radius 2 is 2.05 bits per heavy atom. The molecule has 122 valence electrons. The summed E-state index contributed by atoms with van der Waals surface area (Å²) in [6.07, 6.45) is 1.76. The van der Waals surface area contributed by atoms with Crippen LogP contribution in [0.5, 0.6) is 11.5 Å². The van der Waals surface area contributed by atoms with Crippen LogP contribution in [-0.2, 0) is 0 Å². The Labute approximate surface area is 143 Å². The summed E-state index contributed by atoms with van der Waals surface area (Å²) < 4.78 is 5.14. The number of benzene rings is 1. The van der Waals surface area contributed by atoms with E-state index in [0.29, 0.717) is 16.9 Å². The van der Waals surface area contributed by atoms with Gasteiger partial charge in [-0.25, -0.2) is 0 Å². The molecule has 1 aromatic rings. The zero-order valence-electron chi connectivity index (χ0n) is 12.4. The highest BCUT2D eigenvalue weighted by Crippen LogP contribution is 2.39. The molecule has 1 heterocycles. The van der Waals surface area contributed by atoms with Gasteiger partial charge in [0.15, 0.2) is 11.5 Å². The van der Waals surface area contributed by atoms with E-state index >= 15 is 0 Å². The Kier molecular flexibility index (Phi) is 8.91. The molecule has 0 bridgehead atoms. The minimum Gasteiger partial charge on any atom is -0.504 e. The van der Waals surface area contributed by atoms with Crippen molar-refractivity contribution in [2.24, 2.45) is 0 Å². The average Bonchev–Trinajstić information content (AvgIpc) is 2.50. The van der Waals surface area contributed by atoms with Crippen LogP contribution in [0, 0.1) is 11.3 Å². The van der Waals surface area contributed by atoms with Crippen molar-refractivity contribution < 1.29 is 9.84 Å². The Balaban J connectivity index is 0.00000220. The minimum atomic E-state index is -0.193. The van der Waals surface area contributed by atoms with Crippen LogP contribution in [0.4, 0.5) is 0 Å². The summed E-state index contributed by atoms with van der Waals surface area (Å²) in [5.41, 5.74) is 1.02. The summed E-state index contributed by atoms with van der Waals surface area (Å²) in [4.78, 5) is 2.19. The number of aromatic hydroxyl groups is 1. The van der Waals surface area contributed by atoms with Gasteiger partial charge in [-0.05, 0) is 12.1 Å². The second kappa shape index (κ2) is 9.54. The van der Waals surface area contributed by atoms with E-state index in [-0.39, 0.29) is 36.6 Å². The van der Waals surface area contributed by atoms with E-state index in [1.54, 1.807) is 18.2 Å². The number of methoxy groups -OCH3 is 1. The van der Waals surface area contributed by atoms with Crippen molar-refractivity contribution in [1.29, 1.82) is 5.26 Å². The lowest BCUT2D eigenvalue weighted by Crippen LogP contribution is -2.44. The summed E-state index contributed by atoms with van der Waals surface area (Å²) in [6, 6.07) is 5.22. The maximum Gasteiger partial charge on any atom is 0.164 e. The third-order valence-corrected chi connectivity index (χ3v) is 3.58. The smallest absolute Gasteiger partial charge is 0.164 e. The van der Waals surface area contributed by atoms with E-state index in [0.717, 1.165) is 26.2 Å². The van der Waals surface area contributed by atoms with Crippen LogP contribution in [0.3, 0.4) is 0 Å². The van der Waals surface area contributed by atoms with Gasteiger partial charge in [-0.1, -0.05) is 6.08 Å². The van der Waals surface area contributed by atoms with Crippen LogP contribution < -0.4 is 10.1 Å². The lowest BCUT2D eigenvalue weighted by molar-refractivity contribution is 0.200. The van der Waals surface area contributed by atoms with Crippen molar-refractivity contribution in [3.05, 3.63) is 35.9 Å². The third kappa shape index (κ3) is 4.05. The second-order valence-corrected chi connectivity index (χ2v) is 4.66. The third-order valence-electron chi connectivity index (χ3n) is 3.58. The van der Waals surface area contributed by atoms with Gasteiger partial charge in [-0.15, -0.1) is 31.4 Å². The number of nitrogens with zero attached hydrogens (tertiary/aromatic N) is 2. The van der Waals surface area contributed by atoms with Gasteiger partial charge in [0.1, 0.15) is 0 Å². The average molecular weight is 346 g/mol. The topological polar surface area (TPSA) is 68.5 Å². The van der Waals surface area contributed by atoms with Crippen molar-refractivity contribution in [2.45, 2.75) is 6.04 Å². The molecule has 22 heavy (non-hydrogen) atoms. The van der Waals surface area contributed by atoms with Crippen molar-refractivity contribution in [3.8, 4) is 17.6 Å². The van der Waals surface area contributed by atoms with Gasteiger partial charge in [-0.2, -0.15) is 5.26 Å². The zero-order valence-corrected chi connectivity index (χ0v) is 14.0. The number of piperazine rings is 1. The maximum atomic E-state index is 10.4. The minimum absolute atomic E-state index is 0. The summed E-state index contributed by atoms with van der Waals surface area (Å²) in [7, 11) is 1.50. The molecule has 5 nitrogen and oxygen atoms in total. The largest absolute Gasteiger partial charge is 0.504 e. The quantitative estimate of drug-likeness (QED) is 0.819. The van der Waals surface area contributed by atoms with Crippen LogP contribution in [0.2, 0.25) is 0 Å². The van der Waals surface area contributed by atoms with E-state index in [1.807, 2.05) is 0 Å². The van der Waals surface area contributed by atoms with Crippen LogP contribution in [0.25, 0.3) is 0 Å². The number of halogens is 2. The molecule has 1 aliphatic heterocycles. The van der Waals surface area contributed by atoms with Crippen molar-refractivity contribution in [1.82, 2.24) is 10.2 Å². The first-order chi connectivity index (χ1) is 9.72. The van der Waals surface area contributed by atoms with Crippen molar-refractivity contribution in [3.63, 3.8) is 0 Å². The molecule has 0 aromatic heterocycles. The molecule has 0 unspecified atom stereocenters. The summed E-state index contributed by atoms with van der Waals surface area (Å²) in [5.74, 6) is 0.399. The number of phenols is 1. The standard InChI is InChI=1S/C15H19N3O2.2ClH/c1-3-12(18-8-6-17-7-9-18)14-11(10-16)4-5-13(20-2)15(14)19;;/h3-5,12,17,19H,1,6-9H2,2H3;2*1H/t12-;;/m1../s1. The Morgan fingerprint density at radius 1 is 1.41 bits per heavy atom. The number of rotatable bonds is 4. The molecule has 1 fully saturated rings. The van der Waals surface area contributed by atoms with Crippen molar-refractivity contribution in [2.75, 3.05) is 33.3 Å². The second-order valence-electron chi connectivity index (χ2n) is 4.66. The molecule has 1 aromatic carbocycles. The van der Waals surface area contributed by atoms with E-state index in [1.165, 1.54) is 7.11 Å². The molecule has 0 spiro atoms. The summed E-state index contributed by atoms with van der Waals surface area (Å²) in [6.45, 7) is 7.32. The van der Waals surface area contributed by atoms with Crippen LogP contribution in [-0.4, -0.2) is 43.3 Å². The van der Waals surface area contributed by atoms with E-state index < -0.39 is 0 Å². The van der Waals surface area contributed by atoms with E-state index in [9.17, 15) is 10.4 Å². The molecule has 1 atom stereocenters. The monoisotopic (exact) mass is 345 g/mol. The van der Waals surface area contributed by atoms with Gasteiger partial charge in [0.05, 0.1) is 24.8 Å². The highest BCUT2D eigenvalue weighted by atomic mass is 35.5. The van der Waals surface area contributed by atoms with Gasteiger partial charge in [0.25, 0.3) is 0 Å². The summed E-state index contributed by atoms with van der Waals surface area (Å²) in [5, 5.41) is 22.9. The fourth-order valence-electron chi connectivity index (χ4n) is 2.56. The van der Waals surface area contributed by atoms with Gasteiger partial charge in [0, 0.05) is 31.7 Å². The lowest BCUT2D eigenvalue weighted by Gasteiger charge is -2.34. The van der Waals surface area contributed by atoms with E-state index in [4.69, 9.17) is 4.74 Å². The normalized spacial score (nSPS) is 15.6. The number of hydrogen-bond donors (Lipinski definition) is 2. The van der Waals surface area contributed by atoms with Crippen molar-refractivity contribution >= 4 is 24.8 Å². The zero-order chi connectivity index (χ0) is 14.5. The predicted molar refractivity (Wildman–Crippen MR) is 91.3 cm³/mol. The van der Waals surface area contributed by atoms with Gasteiger partial charge >= 0.3 is 0 Å². The fraction of sp³-hybridized carbons (Fsp3) is 0.400.